The minimum atomic E-state index is 0.376. The fourth-order valence-electron chi connectivity index (χ4n) is 2.58. The molecule has 0 bridgehead atoms. The van der Waals surface area contributed by atoms with E-state index < -0.39 is 0 Å². The predicted molar refractivity (Wildman–Crippen MR) is 66.3 cm³/mol. The molecule has 1 rings (SSSR count). The molecule has 0 amide bonds. The Bertz CT molecular complexity index is 260. The standard InChI is InChI=1S/C13H21B/c1-5-13(14-4,11(2)3)12-9-7-6-8-10-12/h6-11,14H,5H2,1-4H3. The molecule has 76 valence electrons. The van der Waals surface area contributed by atoms with Gasteiger partial charge in [-0.25, -0.2) is 0 Å². The smallest absolute Gasteiger partial charge is 0.0885 e. The van der Waals surface area contributed by atoms with Crippen molar-refractivity contribution in [1.29, 1.82) is 0 Å². The Morgan fingerprint density at radius 3 is 2.14 bits per heavy atom. The molecular formula is C13H21B. The Labute approximate surface area is 89.0 Å². The van der Waals surface area contributed by atoms with Gasteiger partial charge in [0.1, 0.15) is 7.28 Å². The number of benzene rings is 1. The highest BCUT2D eigenvalue weighted by Crippen LogP contribution is 2.34. The van der Waals surface area contributed by atoms with Crippen molar-refractivity contribution in [1.82, 2.24) is 0 Å². The third kappa shape index (κ3) is 1.87. The Morgan fingerprint density at radius 2 is 1.79 bits per heavy atom. The van der Waals surface area contributed by atoms with E-state index in [2.05, 4.69) is 57.9 Å². The van der Waals surface area contributed by atoms with E-state index in [1.807, 2.05) is 0 Å². The van der Waals surface area contributed by atoms with Gasteiger partial charge in [0.25, 0.3) is 0 Å². The quantitative estimate of drug-likeness (QED) is 0.635. The highest BCUT2D eigenvalue weighted by molar-refractivity contribution is 6.38. The maximum absolute atomic E-state index is 2.33. The van der Waals surface area contributed by atoms with Crippen LogP contribution in [0.3, 0.4) is 0 Å². The summed E-state index contributed by atoms with van der Waals surface area (Å²) in [4.78, 5) is 0. The van der Waals surface area contributed by atoms with E-state index in [0.29, 0.717) is 11.2 Å². The Kier molecular flexibility index (Phi) is 3.80. The lowest BCUT2D eigenvalue weighted by atomic mass is 9.45. The molecule has 0 aromatic heterocycles. The second kappa shape index (κ2) is 4.68. The summed E-state index contributed by atoms with van der Waals surface area (Å²) < 4.78 is 0. The Balaban J connectivity index is 3.11. The summed E-state index contributed by atoms with van der Waals surface area (Å²) in [6, 6.07) is 10.9. The van der Waals surface area contributed by atoms with Gasteiger partial charge in [-0.05, 0) is 16.8 Å². The van der Waals surface area contributed by atoms with Crippen LogP contribution in [-0.2, 0) is 5.31 Å². The van der Waals surface area contributed by atoms with Crippen LogP contribution >= 0.6 is 0 Å². The van der Waals surface area contributed by atoms with Crippen molar-refractivity contribution in [3.8, 4) is 0 Å². The second-order valence-electron chi connectivity index (χ2n) is 4.38. The van der Waals surface area contributed by atoms with Gasteiger partial charge in [-0.1, -0.05) is 64.3 Å². The molecule has 0 fully saturated rings. The van der Waals surface area contributed by atoms with Gasteiger partial charge in [0, 0.05) is 0 Å². The summed E-state index contributed by atoms with van der Waals surface area (Å²) in [5, 5.41) is 0.376. The van der Waals surface area contributed by atoms with Crippen molar-refractivity contribution in [2.24, 2.45) is 5.92 Å². The van der Waals surface area contributed by atoms with Gasteiger partial charge in [0.2, 0.25) is 0 Å². The van der Waals surface area contributed by atoms with Crippen LogP contribution in [0.25, 0.3) is 0 Å². The van der Waals surface area contributed by atoms with Crippen molar-refractivity contribution in [3.05, 3.63) is 35.9 Å². The van der Waals surface area contributed by atoms with Gasteiger partial charge in [-0.3, -0.25) is 0 Å². The first-order chi connectivity index (χ1) is 6.67. The third-order valence-electron chi connectivity index (χ3n) is 3.72. The lowest BCUT2D eigenvalue weighted by Crippen LogP contribution is -2.36. The van der Waals surface area contributed by atoms with Crippen molar-refractivity contribution in [3.63, 3.8) is 0 Å². The van der Waals surface area contributed by atoms with Gasteiger partial charge in [0.15, 0.2) is 0 Å². The molecule has 1 aromatic carbocycles. The maximum atomic E-state index is 2.33. The lowest BCUT2D eigenvalue weighted by Gasteiger charge is -2.36. The van der Waals surface area contributed by atoms with E-state index in [9.17, 15) is 0 Å². The average molecular weight is 188 g/mol. The Morgan fingerprint density at radius 1 is 1.21 bits per heavy atom. The zero-order valence-electron chi connectivity index (χ0n) is 9.88. The third-order valence-corrected chi connectivity index (χ3v) is 3.72. The van der Waals surface area contributed by atoms with Crippen LogP contribution in [0, 0.1) is 5.92 Å². The summed E-state index contributed by atoms with van der Waals surface area (Å²) in [6.45, 7) is 9.27. The monoisotopic (exact) mass is 188 g/mol. The Hall–Kier alpha value is -0.715. The normalized spacial score (nSPS) is 15.2. The van der Waals surface area contributed by atoms with Gasteiger partial charge in [0.05, 0.1) is 0 Å². The van der Waals surface area contributed by atoms with Crippen LogP contribution in [0.2, 0.25) is 6.82 Å². The van der Waals surface area contributed by atoms with Gasteiger partial charge >= 0.3 is 0 Å². The van der Waals surface area contributed by atoms with Crippen LogP contribution in [0.1, 0.15) is 32.8 Å². The van der Waals surface area contributed by atoms with Crippen molar-refractivity contribution < 1.29 is 0 Å². The number of rotatable bonds is 4. The van der Waals surface area contributed by atoms with Crippen LogP contribution in [0.4, 0.5) is 0 Å². The minimum absolute atomic E-state index is 0.376. The predicted octanol–water partition coefficient (Wildman–Crippen LogP) is 3.43. The second-order valence-corrected chi connectivity index (χ2v) is 4.38. The van der Waals surface area contributed by atoms with E-state index >= 15 is 0 Å². The lowest BCUT2D eigenvalue weighted by molar-refractivity contribution is 0.418. The molecule has 0 N–H and O–H groups in total. The number of hydrogen-bond acceptors (Lipinski definition) is 0. The van der Waals surface area contributed by atoms with Gasteiger partial charge in [-0.2, -0.15) is 0 Å². The first-order valence-corrected chi connectivity index (χ1v) is 5.73. The molecule has 0 saturated carbocycles. The molecule has 1 heteroatoms. The van der Waals surface area contributed by atoms with Crippen molar-refractivity contribution in [2.45, 2.75) is 39.3 Å². The molecule has 1 atom stereocenters. The summed E-state index contributed by atoms with van der Waals surface area (Å²) >= 11 is 0. The van der Waals surface area contributed by atoms with Crippen LogP contribution in [0.15, 0.2) is 30.3 Å². The van der Waals surface area contributed by atoms with E-state index in [-0.39, 0.29) is 0 Å². The largest absolute Gasteiger partial charge is 0.131 e. The van der Waals surface area contributed by atoms with Crippen LogP contribution in [0.5, 0.6) is 0 Å². The first-order valence-electron chi connectivity index (χ1n) is 5.73. The summed E-state index contributed by atoms with van der Waals surface area (Å²) in [5.74, 6) is 0.708. The molecule has 1 unspecified atom stereocenters. The minimum Gasteiger partial charge on any atom is -0.0885 e. The molecule has 0 aliphatic heterocycles. The van der Waals surface area contributed by atoms with Crippen LogP contribution in [-0.4, -0.2) is 7.28 Å². The van der Waals surface area contributed by atoms with Gasteiger partial charge < -0.3 is 0 Å². The molecule has 0 aliphatic rings. The van der Waals surface area contributed by atoms with E-state index in [4.69, 9.17) is 0 Å². The topological polar surface area (TPSA) is 0 Å². The molecule has 0 aliphatic carbocycles. The number of hydrogen-bond donors (Lipinski definition) is 0. The zero-order chi connectivity index (χ0) is 10.6. The fourth-order valence-corrected chi connectivity index (χ4v) is 2.58. The molecular weight excluding hydrogens is 167 g/mol. The van der Waals surface area contributed by atoms with Gasteiger partial charge in [-0.15, -0.1) is 0 Å². The van der Waals surface area contributed by atoms with Crippen LogP contribution < -0.4 is 0 Å². The molecule has 0 saturated heterocycles. The fraction of sp³-hybridized carbons (Fsp3) is 0.538. The maximum Gasteiger partial charge on any atom is 0.131 e. The molecule has 0 heterocycles. The molecule has 0 spiro atoms. The average Bonchev–Trinajstić information content (AvgIpc) is 2.22. The van der Waals surface area contributed by atoms with Crippen molar-refractivity contribution in [2.75, 3.05) is 0 Å². The highest BCUT2D eigenvalue weighted by Gasteiger charge is 2.31. The summed E-state index contributed by atoms with van der Waals surface area (Å²) in [5.41, 5.74) is 1.50. The molecule has 1 aromatic rings. The van der Waals surface area contributed by atoms with E-state index in [1.54, 1.807) is 0 Å². The highest BCUT2D eigenvalue weighted by atomic mass is 14.3. The summed E-state index contributed by atoms with van der Waals surface area (Å²) in [6.07, 6.45) is 1.23. The SMILES string of the molecule is CBC(CC)(c1ccccc1)C(C)C. The van der Waals surface area contributed by atoms with Crippen molar-refractivity contribution >= 4 is 7.28 Å². The summed E-state index contributed by atoms with van der Waals surface area (Å²) in [7, 11) is 1.23. The molecule has 14 heavy (non-hydrogen) atoms. The molecule has 0 radical (unpaired) electrons. The first kappa shape index (κ1) is 11.4. The van der Waals surface area contributed by atoms with E-state index in [0.717, 1.165) is 0 Å². The van der Waals surface area contributed by atoms with E-state index in [1.165, 1.54) is 19.3 Å². The molecule has 0 nitrogen and oxygen atoms in total. The zero-order valence-corrected chi connectivity index (χ0v) is 9.88.